The van der Waals surface area contributed by atoms with Crippen molar-refractivity contribution in [2.75, 3.05) is 52.5 Å². The molecule has 2 N–H and O–H groups in total. The number of hydrogen-bond acceptors (Lipinski definition) is 3. The fourth-order valence-corrected chi connectivity index (χ4v) is 2.87. The smallest absolute Gasteiger partial charge is 0.191 e. The molecule has 2 aliphatic heterocycles. The number of aliphatic imine (C=N–C) groups is 1. The average Bonchev–Trinajstić information content (AvgIpc) is 2.46. The topological polar surface area (TPSA) is 54.1 Å². The van der Waals surface area contributed by atoms with Crippen molar-refractivity contribution in [3.05, 3.63) is 0 Å². The van der Waals surface area contributed by atoms with Crippen molar-refractivity contribution in [1.82, 2.24) is 9.80 Å². The second kappa shape index (κ2) is 7.84. The van der Waals surface area contributed by atoms with E-state index in [0.29, 0.717) is 5.92 Å². The van der Waals surface area contributed by atoms with Gasteiger partial charge in [0.15, 0.2) is 5.96 Å². The highest BCUT2D eigenvalue weighted by atomic mass is 16.5. The molecule has 5 nitrogen and oxygen atoms in total. The number of ether oxygens (including phenoxy) is 1. The second-order valence-electron chi connectivity index (χ2n) is 6.39. The van der Waals surface area contributed by atoms with Crippen molar-refractivity contribution in [3.63, 3.8) is 0 Å². The Morgan fingerprint density at radius 2 is 1.90 bits per heavy atom. The standard InChI is InChI=1S/C15H30N4O/c1-13-3-5-19(6-4-13)15(16)17-11-14(2)12-18-7-9-20-10-8-18/h13-14H,3-12H2,1-2H3,(H2,16,17). The first-order chi connectivity index (χ1) is 9.65. The van der Waals surface area contributed by atoms with Gasteiger partial charge in [0.1, 0.15) is 0 Å². The molecule has 1 unspecified atom stereocenters. The zero-order chi connectivity index (χ0) is 14.4. The van der Waals surface area contributed by atoms with E-state index in [1.807, 2.05) is 0 Å². The maximum atomic E-state index is 6.12. The number of nitrogens with zero attached hydrogens (tertiary/aromatic N) is 3. The Labute approximate surface area is 123 Å². The lowest BCUT2D eigenvalue weighted by Gasteiger charge is -2.31. The third-order valence-corrected chi connectivity index (χ3v) is 4.35. The van der Waals surface area contributed by atoms with Crippen molar-refractivity contribution in [3.8, 4) is 0 Å². The monoisotopic (exact) mass is 282 g/mol. The number of rotatable bonds is 4. The summed E-state index contributed by atoms with van der Waals surface area (Å²) < 4.78 is 5.37. The Hall–Kier alpha value is -0.810. The van der Waals surface area contributed by atoms with Gasteiger partial charge in [-0.05, 0) is 24.7 Å². The molecule has 20 heavy (non-hydrogen) atoms. The zero-order valence-corrected chi connectivity index (χ0v) is 13.1. The van der Waals surface area contributed by atoms with E-state index >= 15 is 0 Å². The summed E-state index contributed by atoms with van der Waals surface area (Å²) in [6.45, 7) is 12.4. The minimum atomic E-state index is 0.551. The third-order valence-electron chi connectivity index (χ3n) is 4.35. The summed E-state index contributed by atoms with van der Waals surface area (Å²) in [5.74, 6) is 2.13. The summed E-state index contributed by atoms with van der Waals surface area (Å²) in [4.78, 5) is 9.30. The van der Waals surface area contributed by atoms with Gasteiger partial charge in [0.25, 0.3) is 0 Å². The Kier molecular flexibility index (Phi) is 6.10. The molecule has 0 bridgehead atoms. The quantitative estimate of drug-likeness (QED) is 0.617. The van der Waals surface area contributed by atoms with Gasteiger partial charge in [-0.2, -0.15) is 0 Å². The minimum absolute atomic E-state index is 0.551. The number of piperidine rings is 1. The van der Waals surface area contributed by atoms with Crippen LogP contribution in [0.1, 0.15) is 26.7 Å². The molecule has 0 saturated carbocycles. The Bertz CT molecular complexity index is 307. The van der Waals surface area contributed by atoms with Crippen molar-refractivity contribution < 1.29 is 4.74 Å². The van der Waals surface area contributed by atoms with Gasteiger partial charge in [-0.15, -0.1) is 0 Å². The van der Waals surface area contributed by atoms with Crippen molar-refractivity contribution >= 4 is 5.96 Å². The van der Waals surface area contributed by atoms with Gasteiger partial charge in [0.05, 0.1) is 13.2 Å². The first-order valence-corrected chi connectivity index (χ1v) is 8.00. The minimum Gasteiger partial charge on any atom is -0.379 e. The van der Waals surface area contributed by atoms with Crippen LogP contribution < -0.4 is 5.73 Å². The van der Waals surface area contributed by atoms with E-state index in [1.54, 1.807) is 0 Å². The normalized spacial score (nSPS) is 24.9. The molecule has 1 atom stereocenters. The Morgan fingerprint density at radius 1 is 1.25 bits per heavy atom. The molecule has 2 heterocycles. The van der Waals surface area contributed by atoms with E-state index in [9.17, 15) is 0 Å². The van der Waals surface area contributed by atoms with Crippen LogP contribution in [0.15, 0.2) is 4.99 Å². The van der Waals surface area contributed by atoms with E-state index < -0.39 is 0 Å². The van der Waals surface area contributed by atoms with Gasteiger partial charge in [-0.3, -0.25) is 9.89 Å². The molecule has 0 aromatic heterocycles. The van der Waals surface area contributed by atoms with Crippen LogP contribution in [0.25, 0.3) is 0 Å². The van der Waals surface area contributed by atoms with Crippen LogP contribution in [0.5, 0.6) is 0 Å². The maximum Gasteiger partial charge on any atom is 0.191 e. The molecule has 0 amide bonds. The van der Waals surface area contributed by atoms with Gasteiger partial charge in [-0.25, -0.2) is 0 Å². The summed E-state index contributed by atoms with van der Waals surface area (Å²) >= 11 is 0. The van der Waals surface area contributed by atoms with Gasteiger partial charge < -0.3 is 15.4 Å². The number of morpholine rings is 1. The largest absolute Gasteiger partial charge is 0.379 e. The van der Waals surface area contributed by atoms with Gasteiger partial charge in [0, 0.05) is 39.3 Å². The highest BCUT2D eigenvalue weighted by Gasteiger charge is 2.17. The van der Waals surface area contributed by atoms with Crippen LogP contribution in [0.4, 0.5) is 0 Å². The van der Waals surface area contributed by atoms with Crippen LogP contribution >= 0.6 is 0 Å². The molecule has 0 aromatic carbocycles. The van der Waals surface area contributed by atoms with Crippen LogP contribution in [-0.4, -0.2) is 68.2 Å². The molecule has 2 saturated heterocycles. The molecule has 0 spiro atoms. The van der Waals surface area contributed by atoms with Gasteiger partial charge in [-0.1, -0.05) is 13.8 Å². The summed E-state index contributed by atoms with van der Waals surface area (Å²) in [5, 5.41) is 0. The van der Waals surface area contributed by atoms with E-state index in [1.165, 1.54) is 12.8 Å². The highest BCUT2D eigenvalue weighted by molar-refractivity contribution is 5.78. The second-order valence-corrected chi connectivity index (χ2v) is 6.39. The van der Waals surface area contributed by atoms with Gasteiger partial charge >= 0.3 is 0 Å². The molecule has 2 rings (SSSR count). The SMILES string of the molecule is CC1CCN(C(N)=NCC(C)CN2CCOCC2)CC1. The van der Waals surface area contributed by atoms with Gasteiger partial charge in [0.2, 0.25) is 0 Å². The number of hydrogen-bond donors (Lipinski definition) is 1. The molecule has 0 radical (unpaired) electrons. The van der Waals surface area contributed by atoms with E-state index in [2.05, 4.69) is 28.6 Å². The number of likely N-dealkylation sites (tertiary alicyclic amines) is 1. The molecule has 116 valence electrons. The van der Waals surface area contributed by atoms with Crippen molar-refractivity contribution in [2.45, 2.75) is 26.7 Å². The van der Waals surface area contributed by atoms with Crippen molar-refractivity contribution in [2.24, 2.45) is 22.6 Å². The molecule has 0 aliphatic carbocycles. The summed E-state index contributed by atoms with van der Waals surface area (Å²) in [6.07, 6.45) is 2.47. The zero-order valence-electron chi connectivity index (χ0n) is 13.1. The number of nitrogens with two attached hydrogens (primary N) is 1. The molecule has 5 heteroatoms. The first kappa shape index (κ1) is 15.6. The Morgan fingerprint density at radius 3 is 2.55 bits per heavy atom. The average molecular weight is 282 g/mol. The van der Waals surface area contributed by atoms with E-state index in [-0.39, 0.29) is 0 Å². The lowest BCUT2D eigenvalue weighted by Crippen LogP contribution is -2.43. The third kappa shape index (κ3) is 4.94. The fourth-order valence-electron chi connectivity index (χ4n) is 2.87. The van der Waals surface area contributed by atoms with E-state index in [0.717, 1.165) is 64.4 Å². The molecular weight excluding hydrogens is 252 g/mol. The summed E-state index contributed by atoms with van der Waals surface area (Å²) in [5.41, 5.74) is 6.12. The van der Waals surface area contributed by atoms with E-state index in [4.69, 9.17) is 10.5 Å². The van der Waals surface area contributed by atoms with Crippen LogP contribution in [0, 0.1) is 11.8 Å². The van der Waals surface area contributed by atoms with Crippen molar-refractivity contribution in [1.29, 1.82) is 0 Å². The molecule has 2 aliphatic rings. The lowest BCUT2D eigenvalue weighted by molar-refractivity contribution is 0.0323. The molecule has 2 fully saturated rings. The molecular formula is C15H30N4O. The summed E-state index contributed by atoms with van der Waals surface area (Å²) in [7, 11) is 0. The molecule has 0 aromatic rings. The maximum absolute atomic E-state index is 6.12. The summed E-state index contributed by atoms with van der Waals surface area (Å²) in [6, 6.07) is 0. The lowest BCUT2D eigenvalue weighted by atomic mass is 10.00. The van der Waals surface area contributed by atoms with Crippen LogP contribution in [-0.2, 0) is 4.74 Å². The first-order valence-electron chi connectivity index (χ1n) is 8.00. The predicted molar refractivity (Wildman–Crippen MR) is 82.9 cm³/mol. The number of guanidine groups is 1. The van der Waals surface area contributed by atoms with Crippen LogP contribution in [0.2, 0.25) is 0 Å². The predicted octanol–water partition coefficient (Wildman–Crippen LogP) is 1.00. The highest BCUT2D eigenvalue weighted by Crippen LogP contribution is 2.15. The van der Waals surface area contributed by atoms with Crippen LogP contribution in [0.3, 0.4) is 0 Å². The Balaban J connectivity index is 1.70. The fraction of sp³-hybridized carbons (Fsp3) is 0.933.